The fourth-order valence-electron chi connectivity index (χ4n) is 2.98. The summed E-state index contributed by atoms with van der Waals surface area (Å²) in [5.74, 6) is 2.25. The first-order valence-corrected chi connectivity index (χ1v) is 11.2. The molecule has 3 rings (SSSR count). The van der Waals surface area contributed by atoms with E-state index in [4.69, 9.17) is 9.47 Å². The molecule has 1 unspecified atom stereocenters. The number of rotatable bonds is 10. The lowest BCUT2D eigenvalue weighted by Crippen LogP contribution is -2.28. The molecule has 0 bridgehead atoms. The molecule has 1 aromatic heterocycles. The molecule has 0 aliphatic carbocycles. The van der Waals surface area contributed by atoms with E-state index in [0.717, 1.165) is 11.1 Å². The molecule has 164 valence electrons. The Hall–Kier alpha value is -3.00. The summed E-state index contributed by atoms with van der Waals surface area (Å²) in [5, 5.41) is 12.1. The number of amides is 1. The fourth-order valence-corrected chi connectivity index (χ4v) is 3.72. The number of ether oxygens (including phenoxy) is 2. The summed E-state index contributed by atoms with van der Waals surface area (Å²) < 4.78 is 13.4. The van der Waals surface area contributed by atoms with Crippen molar-refractivity contribution >= 4 is 17.7 Å². The minimum atomic E-state index is -0.0526. The van der Waals surface area contributed by atoms with Crippen LogP contribution in [-0.4, -0.2) is 33.0 Å². The number of hydrogen-bond acceptors (Lipinski definition) is 6. The number of nitrogens with one attached hydrogen (secondary N) is 1. The van der Waals surface area contributed by atoms with Crippen LogP contribution in [0.3, 0.4) is 0 Å². The van der Waals surface area contributed by atoms with Gasteiger partial charge in [0.15, 0.2) is 22.5 Å². The predicted molar refractivity (Wildman–Crippen MR) is 121 cm³/mol. The quantitative estimate of drug-likeness (QED) is 0.479. The standard InChI is InChI=1S/C23H28N4O3S/c1-5-29-20-13-16(2)11-12-19(20)30-14-21-25-26-23(27(21)4)31-15-22(28)24-17(3)18-9-7-6-8-10-18/h6-13,17H,5,14-15H2,1-4H3,(H,24,28). The number of hydrogen-bond donors (Lipinski definition) is 1. The second-order valence-electron chi connectivity index (χ2n) is 7.12. The van der Waals surface area contributed by atoms with Gasteiger partial charge in [-0.2, -0.15) is 0 Å². The van der Waals surface area contributed by atoms with Gasteiger partial charge in [0.05, 0.1) is 18.4 Å². The van der Waals surface area contributed by atoms with Gasteiger partial charge in [-0.3, -0.25) is 4.79 Å². The average molecular weight is 441 g/mol. The summed E-state index contributed by atoms with van der Waals surface area (Å²) in [6.45, 7) is 6.74. The first-order valence-electron chi connectivity index (χ1n) is 10.2. The Labute approximate surface area is 187 Å². The van der Waals surface area contributed by atoms with Gasteiger partial charge in [0, 0.05) is 7.05 Å². The van der Waals surface area contributed by atoms with Gasteiger partial charge in [-0.05, 0) is 44.0 Å². The maximum Gasteiger partial charge on any atom is 0.230 e. The highest BCUT2D eigenvalue weighted by molar-refractivity contribution is 7.99. The van der Waals surface area contributed by atoms with Crippen molar-refractivity contribution < 1.29 is 14.3 Å². The third-order valence-electron chi connectivity index (χ3n) is 4.69. The predicted octanol–water partition coefficient (Wildman–Crippen LogP) is 4.07. The van der Waals surface area contributed by atoms with Crippen LogP contribution in [0.25, 0.3) is 0 Å². The molecule has 0 radical (unpaired) electrons. The Balaban J connectivity index is 1.54. The van der Waals surface area contributed by atoms with E-state index in [2.05, 4.69) is 15.5 Å². The van der Waals surface area contributed by atoms with E-state index in [-0.39, 0.29) is 24.3 Å². The zero-order valence-electron chi connectivity index (χ0n) is 18.3. The van der Waals surface area contributed by atoms with E-state index in [0.29, 0.717) is 29.1 Å². The largest absolute Gasteiger partial charge is 0.490 e. The lowest BCUT2D eigenvalue weighted by Gasteiger charge is -2.14. The van der Waals surface area contributed by atoms with Crippen LogP contribution in [0.1, 0.15) is 36.8 Å². The summed E-state index contributed by atoms with van der Waals surface area (Å²) in [6.07, 6.45) is 0. The van der Waals surface area contributed by atoms with E-state index in [1.807, 2.05) is 80.9 Å². The summed E-state index contributed by atoms with van der Waals surface area (Å²) in [4.78, 5) is 12.3. The molecule has 7 nitrogen and oxygen atoms in total. The molecule has 8 heteroatoms. The Morgan fingerprint density at radius 1 is 1.13 bits per heavy atom. The second kappa shape index (κ2) is 10.9. The molecular weight excluding hydrogens is 412 g/mol. The number of aryl methyl sites for hydroxylation is 1. The third kappa shape index (κ3) is 6.24. The molecule has 2 aromatic carbocycles. The van der Waals surface area contributed by atoms with Crippen molar-refractivity contribution in [2.24, 2.45) is 7.05 Å². The lowest BCUT2D eigenvalue weighted by atomic mass is 10.1. The summed E-state index contributed by atoms with van der Waals surface area (Å²) in [7, 11) is 1.87. The minimum absolute atomic E-state index is 0.0493. The van der Waals surface area contributed by atoms with E-state index in [1.165, 1.54) is 11.8 Å². The van der Waals surface area contributed by atoms with Crippen LogP contribution in [0.5, 0.6) is 11.5 Å². The van der Waals surface area contributed by atoms with Crippen molar-refractivity contribution in [3.05, 3.63) is 65.5 Å². The first-order chi connectivity index (χ1) is 15.0. The fraction of sp³-hybridized carbons (Fsp3) is 0.348. The molecule has 0 spiro atoms. The highest BCUT2D eigenvalue weighted by Crippen LogP contribution is 2.29. The van der Waals surface area contributed by atoms with Gasteiger partial charge >= 0.3 is 0 Å². The van der Waals surface area contributed by atoms with Crippen LogP contribution in [-0.2, 0) is 18.4 Å². The minimum Gasteiger partial charge on any atom is -0.490 e. The molecule has 0 saturated heterocycles. The molecular formula is C23H28N4O3S. The second-order valence-corrected chi connectivity index (χ2v) is 8.06. The van der Waals surface area contributed by atoms with Gasteiger partial charge < -0.3 is 19.4 Å². The molecule has 31 heavy (non-hydrogen) atoms. The van der Waals surface area contributed by atoms with Gasteiger partial charge in [-0.15, -0.1) is 10.2 Å². The van der Waals surface area contributed by atoms with E-state index >= 15 is 0 Å². The highest BCUT2D eigenvalue weighted by atomic mass is 32.2. The smallest absolute Gasteiger partial charge is 0.230 e. The molecule has 1 amide bonds. The number of carbonyl (C=O) groups excluding carboxylic acids is 1. The summed E-state index contributed by atoms with van der Waals surface area (Å²) in [6, 6.07) is 15.6. The van der Waals surface area contributed by atoms with Crippen molar-refractivity contribution in [3.8, 4) is 11.5 Å². The molecule has 1 atom stereocenters. The van der Waals surface area contributed by atoms with Crippen LogP contribution in [0, 0.1) is 6.92 Å². The number of thioether (sulfide) groups is 1. The maximum atomic E-state index is 12.3. The van der Waals surface area contributed by atoms with Crippen LogP contribution >= 0.6 is 11.8 Å². The molecule has 0 aliphatic heterocycles. The van der Waals surface area contributed by atoms with Crippen molar-refractivity contribution in [3.63, 3.8) is 0 Å². The zero-order valence-corrected chi connectivity index (χ0v) is 19.1. The zero-order chi connectivity index (χ0) is 22.2. The average Bonchev–Trinajstić information content (AvgIpc) is 3.12. The topological polar surface area (TPSA) is 78.3 Å². The summed E-state index contributed by atoms with van der Waals surface area (Å²) >= 11 is 1.35. The van der Waals surface area contributed by atoms with Gasteiger partial charge in [-0.25, -0.2) is 0 Å². The van der Waals surface area contributed by atoms with Gasteiger partial charge in [-0.1, -0.05) is 48.2 Å². The number of nitrogens with zero attached hydrogens (tertiary/aromatic N) is 3. The van der Waals surface area contributed by atoms with Gasteiger partial charge in [0.2, 0.25) is 5.91 Å². The number of benzene rings is 2. The number of carbonyl (C=O) groups is 1. The number of aromatic nitrogens is 3. The van der Waals surface area contributed by atoms with Crippen LogP contribution < -0.4 is 14.8 Å². The van der Waals surface area contributed by atoms with E-state index in [1.54, 1.807) is 0 Å². The van der Waals surface area contributed by atoms with Crippen LogP contribution in [0.2, 0.25) is 0 Å². The summed E-state index contributed by atoms with van der Waals surface area (Å²) in [5.41, 5.74) is 2.18. The third-order valence-corrected chi connectivity index (χ3v) is 5.71. The highest BCUT2D eigenvalue weighted by Gasteiger charge is 2.15. The first kappa shape index (κ1) is 22.7. The van der Waals surface area contributed by atoms with E-state index in [9.17, 15) is 4.79 Å². The van der Waals surface area contributed by atoms with Crippen molar-refractivity contribution in [2.75, 3.05) is 12.4 Å². The van der Waals surface area contributed by atoms with Crippen LogP contribution in [0.15, 0.2) is 53.7 Å². The molecule has 1 heterocycles. The van der Waals surface area contributed by atoms with Crippen LogP contribution in [0.4, 0.5) is 0 Å². The van der Waals surface area contributed by atoms with Gasteiger partial charge in [0.1, 0.15) is 6.61 Å². The van der Waals surface area contributed by atoms with Crippen molar-refractivity contribution in [2.45, 2.75) is 38.6 Å². The van der Waals surface area contributed by atoms with E-state index < -0.39 is 0 Å². The molecule has 1 N–H and O–H groups in total. The molecule has 0 saturated carbocycles. The molecule has 0 aliphatic rings. The Morgan fingerprint density at radius 2 is 1.90 bits per heavy atom. The normalized spacial score (nSPS) is 11.7. The Bertz CT molecular complexity index is 1010. The van der Waals surface area contributed by atoms with Crippen molar-refractivity contribution in [1.29, 1.82) is 0 Å². The van der Waals surface area contributed by atoms with Crippen molar-refractivity contribution in [1.82, 2.24) is 20.1 Å². The maximum absolute atomic E-state index is 12.3. The SMILES string of the molecule is CCOc1cc(C)ccc1OCc1nnc(SCC(=O)NC(C)c2ccccc2)n1C. The Kier molecular flexibility index (Phi) is 7.94. The molecule has 0 fully saturated rings. The lowest BCUT2D eigenvalue weighted by molar-refractivity contribution is -0.119. The van der Waals surface area contributed by atoms with Gasteiger partial charge in [0.25, 0.3) is 0 Å². The monoisotopic (exact) mass is 440 g/mol. The Morgan fingerprint density at radius 3 is 2.65 bits per heavy atom. The molecule has 3 aromatic rings.